The molecule has 0 unspecified atom stereocenters. The second-order valence-electron chi connectivity index (χ2n) is 8.08. The second kappa shape index (κ2) is 10.8. The average Bonchev–Trinajstić information content (AvgIpc) is 2.67. The number of rotatable bonds is 9. The number of carbonyl (C=O) groups excluding carboxylic acids is 1. The molecule has 5 nitrogen and oxygen atoms in total. The third-order valence-corrected chi connectivity index (χ3v) is 4.41. The summed E-state index contributed by atoms with van der Waals surface area (Å²) < 4.78 is 7.78. The fourth-order valence-corrected chi connectivity index (χ4v) is 2.67. The predicted octanol–water partition coefficient (Wildman–Crippen LogP) is 5.09. The molecule has 0 aliphatic rings. The zero-order valence-electron chi connectivity index (χ0n) is 17.6. The van der Waals surface area contributed by atoms with E-state index in [-0.39, 0.29) is 5.91 Å². The van der Waals surface area contributed by atoms with Gasteiger partial charge in [-0.3, -0.25) is 4.79 Å². The Hall–Kier alpha value is -2.43. The number of para-hydroxylation sites is 1. The number of hydrogen-bond acceptors (Lipinski definition) is 3. The molecular formula is C23H33N3O2. The zero-order chi connectivity index (χ0) is 20.4. The Labute approximate surface area is 168 Å². The van der Waals surface area contributed by atoms with Crippen LogP contribution in [0.15, 0.2) is 47.6 Å². The van der Waals surface area contributed by atoms with Gasteiger partial charge in [0.15, 0.2) is 0 Å². The minimum atomic E-state index is -0.523. The van der Waals surface area contributed by atoms with Gasteiger partial charge in [-0.1, -0.05) is 78.0 Å². The molecule has 0 saturated carbocycles. The van der Waals surface area contributed by atoms with Gasteiger partial charge in [-0.15, -0.1) is 0 Å². The number of carbonyl (C=O) groups is 1. The molecule has 2 aromatic rings. The van der Waals surface area contributed by atoms with E-state index in [1.165, 1.54) is 25.7 Å². The summed E-state index contributed by atoms with van der Waals surface area (Å²) in [5.41, 5.74) is 0.388. The minimum absolute atomic E-state index is 0.173. The van der Waals surface area contributed by atoms with Crippen molar-refractivity contribution in [3.63, 3.8) is 0 Å². The van der Waals surface area contributed by atoms with Gasteiger partial charge in [-0.05, 0) is 18.6 Å². The molecule has 28 heavy (non-hydrogen) atoms. The van der Waals surface area contributed by atoms with E-state index in [1.807, 2.05) is 51.1 Å². The van der Waals surface area contributed by atoms with E-state index >= 15 is 0 Å². The summed E-state index contributed by atoms with van der Waals surface area (Å²) in [6.45, 7) is 8.41. The quantitative estimate of drug-likeness (QED) is 0.567. The maximum absolute atomic E-state index is 12.2. The number of hydrogen-bond donors (Lipinski definition) is 0. The fraction of sp³-hybridized carbons (Fsp3) is 0.522. The van der Waals surface area contributed by atoms with E-state index in [0.29, 0.717) is 17.8 Å². The molecule has 2 rings (SSSR count). The number of benzene rings is 1. The molecule has 0 aliphatic carbocycles. The van der Waals surface area contributed by atoms with E-state index in [0.717, 1.165) is 18.5 Å². The van der Waals surface area contributed by atoms with Gasteiger partial charge in [0.25, 0.3) is 5.91 Å². The summed E-state index contributed by atoms with van der Waals surface area (Å²) in [5.74, 6) is 0.427. The lowest BCUT2D eigenvalue weighted by atomic mass is 9.96. The molecule has 1 aromatic heterocycles. The lowest BCUT2D eigenvalue weighted by molar-refractivity contribution is -0.125. The van der Waals surface area contributed by atoms with Crippen molar-refractivity contribution in [1.29, 1.82) is 0 Å². The van der Waals surface area contributed by atoms with E-state index in [4.69, 9.17) is 4.74 Å². The topological polar surface area (TPSA) is 56.5 Å². The normalized spacial score (nSPS) is 12.2. The smallest absolute Gasteiger partial charge is 0.251 e. The maximum atomic E-state index is 12.2. The van der Waals surface area contributed by atoms with Crippen LogP contribution >= 0.6 is 0 Å². The molecule has 1 amide bonds. The van der Waals surface area contributed by atoms with Crippen LogP contribution < -0.4 is 10.1 Å². The summed E-state index contributed by atoms with van der Waals surface area (Å²) in [4.78, 5) is 16.5. The highest BCUT2D eigenvalue weighted by molar-refractivity contribution is 5.82. The lowest BCUT2D eigenvalue weighted by Gasteiger charge is -2.14. The van der Waals surface area contributed by atoms with Gasteiger partial charge in [-0.2, -0.15) is 5.10 Å². The van der Waals surface area contributed by atoms with Crippen LogP contribution in [0.25, 0.3) is 5.69 Å². The Kier molecular flexibility index (Phi) is 8.42. The van der Waals surface area contributed by atoms with Crippen molar-refractivity contribution < 1.29 is 9.53 Å². The van der Waals surface area contributed by atoms with Crippen LogP contribution in [-0.4, -0.2) is 22.3 Å². The molecule has 152 valence electrons. The van der Waals surface area contributed by atoms with E-state index in [1.54, 1.807) is 16.9 Å². The minimum Gasteiger partial charge on any atom is -0.478 e. The summed E-state index contributed by atoms with van der Waals surface area (Å²) >= 11 is 0. The van der Waals surface area contributed by atoms with Crippen LogP contribution in [0.3, 0.4) is 0 Å². The van der Waals surface area contributed by atoms with E-state index in [9.17, 15) is 4.79 Å². The Morgan fingerprint density at radius 1 is 1.07 bits per heavy atom. The second-order valence-corrected chi connectivity index (χ2v) is 8.08. The molecule has 0 atom stereocenters. The van der Waals surface area contributed by atoms with Crippen molar-refractivity contribution in [2.45, 2.75) is 66.2 Å². The Balaban J connectivity index is 2.17. The van der Waals surface area contributed by atoms with Crippen molar-refractivity contribution in [2.75, 3.05) is 6.61 Å². The highest BCUT2D eigenvalue weighted by atomic mass is 16.5. The summed E-state index contributed by atoms with van der Waals surface area (Å²) in [7, 11) is 0. The molecular weight excluding hydrogens is 350 g/mol. The van der Waals surface area contributed by atoms with Crippen LogP contribution in [0.1, 0.15) is 66.2 Å². The molecule has 1 heterocycles. The highest BCUT2D eigenvalue weighted by Gasteiger charge is 2.20. The number of amides is 1. The van der Waals surface area contributed by atoms with Gasteiger partial charge >= 0.3 is 0 Å². The van der Waals surface area contributed by atoms with Crippen LogP contribution in [0.2, 0.25) is 0 Å². The molecule has 0 radical (unpaired) electrons. The Morgan fingerprint density at radius 3 is 2.43 bits per heavy atom. The van der Waals surface area contributed by atoms with Gasteiger partial charge in [0.2, 0.25) is 5.88 Å². The average molecular weight is 384 g/mol. The first-order valence-electron chi connectivity index (χ1n) is 10.3. The van der Waals surface area contributed by atoms with Crippen LogP contribution in [0, 0.1) is 5.41 Å². The SMILES string of the molecule is CCCCCCCCOc1cc(=NC(=O)C(C)(C)C)cnn1-c1ccccc1. The number of nitrogens with zero attached hydrogens (tertiary/aromatic N) is 3. The predicted molar refractivity (Wildman–Crippen MR) is 112 cm³/mol. The largest absolute Gasteiger partial charge is 0.478 e. The molecule has 1 aromatic carbocycles. The van der Waals surface area contributed by atoms with Crippen molar-refractivity contribution in [3.05, 3.63) is 48.0 Å². The summed E-state index contributed by atoms with van der Waals surface area (Å²) in [5, 5.41) is 4.99. The molecule has 0 N–H and O–H groups in total. The lowest BCUT2D eigenvalue weighted by Crippen LogP contribution is -2.22. The van der Waals surface area contributed by atoms with Gasteiger partial charge in [0.05, 0.1) is 23.8 Å². The van der Waals surface area contributed by atoms with E-state index in [2.05, 4.69) is 17.0 Å². The molecule has 0 fully saturated rings. The number of unbranched alkanes of at least 4 members (excludes halogenated alkanes) is 5. The molecule has 0 bridgehead atoms. The van der Waals surface area contributed by atoms with Crippen LogP contribution in [0.4, 0.5) is 0 Å². The first kappa shape index (κ1) is 21.9. The van der Waals surface area contributed by atoms with Gasteiger partial charge < -0.3 is 4.74 Å². The van der Waals surface area contributed by atoms with Gasteiger partial charge in [0, 0.05) is 11.5 Å². The zero-order valence-corrected chi connectivity index (χ0v) is 17.6. The van der Waals surface area contributed by atoms with Gasteiger partial charge in [0.1, 0.15) is 0 Å². The van der Waals surface area contributed by atoms with E-state index < -0.39 is 5.41 Å². The summed E-state index contributed by atoms with van der Waals surface area (Å²) in [6, 6.07) is 11.6. The van der Waals surface area contributed by atoms with Crippen molar-refractivity contribution >= 4 is 5.91 Å². The standard InChI is InChI=1S/C23H33N3O2/c1-5-6-7-8-9-13-16-28-21-17-19(25-22(27)23(2,3)4)18-24-26(21)20-14-11-10-12-15-20/h10-12,14-15,17-18H,5-9,13,16H2,1-4H3. The Bertz CT molecular complexity index is 805. The first-order chi connectivity index (χ1) is 13.4. The molecule has 0 spiro atoms. The van der Waals surface area contributed by atoms with Crippen molar-refractivity contribution in [1.82, 2.24) is 9.78 Å². The monoisotopic (exact) mass is 383 g/mol. The molecule has 0 saturated heterocycles. The molecule has 5 heteroatoms. The third-order valence-electron chi connectivity index (χ3n) is 4.41. The first-order valence-corrected chi connectivity index (χ1v) is 10.3. The molecule has 0 aliphatic heterocycles. The van der Waals surface area contributed by atoms with Crippen molar-refractivity contribution in [3.8, 4) is 11.6 Å². The third kappa shape index (κ3) is 6.95. The van der Waals surface area contributed by atoms with Crippen molar-refractivity contribution in [2.24, 2.45) is 10.4 Å². The maximum Gasteiger partial charge on any atom is 0.251 e. The summed E-state index contributed by atoms with van der Waals surface area (Å²) in [6.07, 6.45) is 8.84. The number of ether oxygens (including phenoxy) is 1. The Morgan fingerprint density at radius 2 is 1.75 bits per heavy atom. The van der Waals surface area contributed by atoms with Gasteiger partial charge in [-0.25, -0.2) is 9.67 Å². The van der Waals surface area contributed by atoms with Crippen LogP contribution in [0.5, 0.6) is 5.88 Å². The fourth-order valence-electron chi connectivity index (χ4n) is 2.67. The number of aromatic nitrogens is 2. The highest BCUT2D eigenvalue weighted by Crippen LogP contribution is 2.17. The van der Waals surface area contributed by atoms with Crippen LogP contribution in [-0.2, 0) is 4.79 Å².